The highest BCUT2D eigenvalue weighted by molar-refractivity contribution is 5.88. The number of hydrogen-bond acceptors (Lipinski definition) is 4. The molecule has 1 aromatic heterocycles. The van der Waals surface area contributed by atoms with Crippen LogP contribution in [-0.4, -0.2) is 24.2 Å². The Balaban J connectivity index is 2.12. The highest BCUT2D eigenvalue weighted by atomic mass is 16.5. The van der Waals surface area contributed by atoms with Crippen LogP contribution < -0.4 is 15.2 Å². The van der Waals surface area contributed by atoms with E-state index in [-0.39, 0.29) is 6.04 Å². The zero-order valence-corrected chi connectivity index (χ0v) is 11.1. The molecule has 1 aliphatic rings. The summed E-state index contributed by atoms with van der Waals surface area (Å²) in [6.45, 7) is 3.39. The minimum Gasteiger partial charge on any atom is -0.490 e. The van der Waals surface area contributed by atoms with Crippen molar-refractivity contribution in [2.24, 2.45) is 5.73 Å². The van der Waals surface area contributed by atoms with E-state index in [1.165, 1.54) is 0 Å². The number of pyridine rings is 1. The summed E-state index contributed by atoms with van der Waals surface area (Å²) in [7, 11) is 0. The van der Waals surface area contributed by atoms with Crippen molar-refractivity contribution < 1.29 is 9.47 Å². The van der Waals surface area contributed by atoms with E-state index < -0.39 is 0 Å². The second-order valence-electron chi connectivity index (χ2n) is 5.01. The van der Waals surface area contributed by atoms with Crippen LogP contribution in [0.2, 0.25) is 0 Å². The van der Waals surface area contributed by atoms with E-state index in [1.807, 2.05) is 31.3 Å². The third-order valence-electron chi connectivity index (χ3n) is 3.23. The molecule has 1 unspecified atom stereocenters. The van der Waals surface area contributed by atoms with E-state index in [1.54, 1.807) is 0 Å². The lowest BCUT2D eigenvalue weighted by atomic mass is 10.0. The summed E-state index contributed by atoms with van der Waals surface area (Å²) in [6.07, 6.45) is 3.50. The van der Waals surface area contributed by atoms with Crippen LogP contribution in [0.4, 0.5) is 0 Å². The monoisotopic (exact) mass is 258 g/mol. The third kappa shape index (κ3) is 2.49. The highest BCUT2D eigenvalue weighted by Crippen LogP contribution is 2.35. The molecule has 0 radical (unpaired) electrons. The van der Waals surface area contributed by atoms with Crippen LogP contribution in [0.5, 0.6) is 11.5 Å². The van der Waals surface area contributed by atoms with Crippen LogP contribution >= 0.6 is 0 Å². The molecule has 0 amide bonds. The fraction of sp³-hybridized carbons (Fsp3) is 0.400. The molecular formula is C15H18N2O2. The minimum atomic E-state index is 0.0917. The van der Waals surface area contributed by atoms with E-state index in [2.05, 4.69) is 4.98 Å². The first kappa shape index (κ1) is 12.2. The van der Waals surface area contributed by atoms with Gasteiger partial charge in [-0.25, -0.2) is 0 Å². The first-order valence-electron chi connectivity index (χ1n) is 6.67. The predicted octanol–water partition coefficient (Wildman–Crippen LogP) is 2.29. The molecule has 2 heterocycles. The van der Waals surface area contributed by atoms with Crippen molar-refractivity contribution in [3.05, 3.63) is 30.1 Å². The molecule has 1 aliphatic heterocycles. The van der Waals surface area contributed by atoms with Crippen molar-refractivity contribution in [2.45, 2.75) is 25.8 Å². The van der Waals surface area contributed by atoms with Crippen molar-refractivity contribution >= 4 is 10.8 Å². The summed E-state index contributed by atoms with van der Waals surface area (Å²) in [4.78, 5) is 4.44. The average molecular weight is 258 g/mol. The maximum atomic E-state index is 5.88. The van der Waals surface area contributed by atoms with Crippen LogP contribution in [0, 0.1) is 0 Å². The number of fused-ring (bicyclic) bond motifs is 2. The van der Waals surface area contributed by atoms with E-state index >= 15 is 0 Å². The van der Waals surface area contributed by atoms with Crippen molar-refractivity contribution in [1.82, 2.24) is 4.98 Å². The summed E-state index contributed by atoms with van der Waals surface area (Å²) >= 11 is 0. The Hall–Kier alpha value is -1.81. The van der Waals surface area contributed by atoms with Gasteiger partial charge in [-0.1, -0.05) is 0 Å². The molecule has 0 fully saturated rings. The van der Waals surface area contributed by atoms with Gasteiger partial charge in [-0.2, -0.15) is 0 Å². The van der Waals surface area contributed by atoms with Gasteiger partial charge in [-0.15, -0.1) is 0 Å². The maximum absolute atomic E-state index is 5.88. The summed E-state index contributed by atoms with van der Waals surface area (Å²) in [6, 6.07) is 6.14. The van der Waals surface area contributed by atoms with Gasteiger partial charge >= 0.3 is 0 Å². The summed E-state index contributed by atoms with van der Waals surface area (Å²) in [5.74, 6) is 1.63. The Morgan fingerprint density at radius 2 is 2.00 bits per heavy atom. The summed E-state index contributed by atoms with van der Waals surface area (Å²) < 4.78 is 11.4. The van der Waals surface area contributed by atoms with Gasteiger partial charge in [-0.3, -0.25) is 4.98 Å². The molecule has 0 bridgehead atoms. The molecule has 1 aromatic carbocycles. The smallest absolute Gasteiger partial charge is 0.161 e. The molecule has 1 atom stereocenters. The molecule has 4 heteroatoms. The quantitative estimate of drug-likeness (QED) is 0.898. The average Bonchev–Trinajstić information content (AvgIpc) is 2.61. The normalized spacial score (nSPS) is 16.1. The van der Waals surface area contributed by atoms with Gasteiger partial charge in [0.05, 0.1) is 13.2 Å². The van der Waals surface area contributed by atoms with Gasteiger partial charge in [0, 0.05) is 36.2 Å². The number of benzene rings is 1. The van der Waals surface area contributed by atoms with Gasteiger partial charge in [0.15, 0.2) is 11.5 Å². The molecule has 0 spiro atoms. The number of nitrogens with two attached hydrogens (primary N) is 1. The molecule has 0 saturated carbocycles. The topological polar surface area (TPSA) is 57.4 Å². The van der Waals surface area contributed by atoms with Crippen LogP contribution in [-0.2, 0) is 6.42 Å². The van der Waals surface area contributed by atoms with Crippen molar-refractivity contribution in [3.63, 3.8) is 0 Å². The molecule has 3 rings (SSSR count). The van der Waals surface area contributed by atoms with E-state index in [0.29, 0.717) is 13.2 Å². The van der Waals surface area contributed by atoms with Gasteiger partial charge in [0.25, 0.3) is 0 Å². The fourth-order valence-electron chi connectivity index (χ4n) is 2.36. The minimum absolute atomic E-state index is 0.0917. The molecule has 4 nitrogen and oxygen atoms in total. The zero-order valence-electron chi connectivity index (χ0n) is 11.1. The fourth-order valence-corrected chi connectivity index (χ4v) is 2.36. The lowest BCUT2D eigenvalue weighted by Crippen LogP contribution is -2.18. The maximum Gasteiger partial charge on any atom is 0.161 e. The SMILES string of the molecule is CC(N)Cc1nccc2cc3c(cc12)OCCCO3. The molecule has 0 aliphatic carbocycles. The van der Waals surface area contributed by atoms with Crippen LogP contribution in [0.15, 0.2) is 24.4 Å². The number of rotatable bonds is 2. The van der Waals surface area contributed by atoms with Crippen LogP contribution in [0.1, 0.15) is 19.0 Å². The predicted molar refractivity (Wildman–Crippen MR) is 74.7 cm³/mol. The molecule has 19 heavy (non-hydrogen) atoms. The van der Waals surface area contributed by atoms with Crippen molar-refractivity contribution in [2.75, 3.05) is 13.2 Å². The van der Waals surface area contributed by atoms with Crippen LogP contribution in [0.3, 0.4) is 0 Å². The number of aromatic nitrogens is 1. The first-order chi connectivity index (χ1) is 9.24. The lowest BCUT2D eigenvalue weighted by Gasteiger charge is -2.12. The van der Waals surface area contributed by atoms with E-state index in [4.69, 9.17) is 15.2 Å². The Bertz CT molecular complexity index is 596. The number of nitrogens with zero attached hydrogens (tertiary/aromatic N) is 1. The summed E-state index contributed by atoms with van der Waals surface area (Å²) in [5, 5.41) is 2.22. The number of hydrogen-bond donors (Lipinski definition) is 1. The van der Waals surface area contributed by atoms with Gasteiger partial charge in [-0.05, 0) is 30.5 Å². The highest BCUT2D eigenvalue weighted by Gasteiger charge is 2.14. The molecule has 2 N–H and O–H groups in total. The molecular weight excluding hydrogens is 240 g/mol. The van der Waals surface area contributed by atoms with Gasteiger partial charge < -0.3 is 15.2 Å². The van der Waals surface area contributed by atoms with Gasteiger partial charge in [0.2, 0.25) is 0 Å². The largest absolute Gasteiger partial charge is 0.490 e. The van der Waals surface area contributed by atoms with Crippen molar-refractivity contribution in [1.29, 1.82) is 0 Å². The molecule has 0 saturated heterocycles. The standard InChI is InChI=1S/C15H18N2O2/c1-10(16)7-13-12-9-15-14(18-5-2-6-19-15)8-11(12)3-4-17-13/h3-4,8-10H,2,5-7,16H2,1H3. The molecule has 2 aromatic rings. The Morgan fingerprint density at radius 1 is 1.26 bits per heavy atom. The zero-order chi connectivity index (χ0) is 13.2. The Kier molecular flexibility index (Phi) is 3.25. The first-order valence-corrected chi connectivity index (χ1v) is 6.67. The summed E-state index contributed by atoms with van der Waals surface area (Å²) in [5.41, 5.74) is 6.90. The molecule has 100 valence electrons. The second kappa shape index (κ2) is 5.05. The van der Waals surface area contributed by atoms with Crippen molar-refractivity contribution in [3.8, 4) is 11.5 Å². The van der Waals surface area contributed by atoms with Gasteiger partial charge in [0.1, 0.15) is 0 Å². The Labute approximate surface area is 112 Å². The Morgan fingerprint density at radius 3 is 2.74 bits per heavy atom. The van der Waals surface area contributed by atoms with Crippen LogP contribution in [0.25, 0.3) is 10.8 Å². The third-order valence-corrected chi connectivity index (χ3v) is 3.23. The number of ether oxygens (including phenoxy) is 2. The van der Waals surface area contributed by atoms with E-state index in [0.717, 1.165) is 40.8 Å². The second-order valence-corrected chi connectivity index (χ2v) is 5.01. The van der Waals surface area contributed by atoms with E-state index in [9.17, 15) is 0 Å². The lowest BCUT2D eigenvalue weighted by molar-refractivity contribution is 0.297.